The first-order valence-corrected chi connectivity index (χ1v) is 5.45. The van der Waals surface area contributed by atoms with Crippen molar-refractivity contribution in [1.82, 2.24) is 9.78 Å². The molecule has 0 bridgehead atoms. The van der Waals surface area contributed by atoms with Gasteiger partial charge in [-0.1, -0.05) is 11.6 Å². The minimum absolute atomic E-state index is 0.0179. The van der Waals surface area contributed by atoms with E-state index in [9.17, 15) is 9.18 Å². The van der Waals surface area contributed by atoms with Crippen LogP contribution in [0, 0.1) is 5.82 Å². The average Bonchev–Trinajstić information content (AvgIpc) is 2.69. The number of nitrogens with one attached hydrogen (secondary N) is 1. The second kappa shape index (κ2) is 5.05. The fraction of sp³-hybridized carbons (Fsp3) is 0.0909. The van der Waals surface area contributed by atoms with Gasteiger partial charge in [-0.25, -0.2) is 4.39 Å². The molecule has 2 aromatic rings. The van der Waals surface area contributed by atoms with Gasteiger partial charge in [0.05, 0.1) is 16.9 Å². The number of amides is 1. The zero-order valence-electron chi connectivity index (χ0n) is 9.23. The first kappa shape index (κ1) is 12.4. The highest BCUT2D eigenvalue weighted by Gasteiger charge is 2.06. The lowest BCUT2D eigenvalue weighted by molar-refractivity contribution is -0.116. The summed E-state index contributed by atoms with van der Waals surface area (Å²) in [6.07, 6.45) is 2.96. The summed E-state index contributed by atoms with van der Waals surface area (Å²) < 4.78 is 14.3. The number of hydrogen-bond donors (Lipinski definition) is 2. The minimum Gasteiger partial charge on any atom is -0.396 e. The maximum absolute atomic E-state index is 12.9. The highest BCUT2D eigenvalue weighted by atomic mass is 35.5. The lowest BCUT2D eigenvalue weighted by Crippen LogP contribution is -2.19. The largest absolute Gasteiger partial charge is 0.396 e. The molecule has 18 heavy (non-hydrogen) atoms. The van der Waals surface area contributed by atoms with Crippen molar-refractivity contribution < 1.29 is 9.18 Å². The number of carbonyl (C=O) groups excluding carboxylic acids is 1. The number of hydrogen-bond acceptors (Lipinski definition) is 3. The Kier molecular flexibility index (Phi) is 3.47. The van der Waals surface area contributed by atoms with Crippen molar-refractivity contribution in [3.63, 3.8) is 0 Å². The number of halogens is 2. The first-order valence-electron chi connectivity index (χ1n) is 5.07. The molecule has 0 aliphatic rings. The van der Waals surface area contributed by atoms with Crippen molar-refractivity contribution in [3.05, 3.63) is 41.4 Å². The van der Waals surface area contributed by atoms with Gasteiger partial charge in [0.1, 0.15) is 12.4 Å². The topological polar surface area (TPSA) is 72.9 Å². The van der Waals surface area contributed by atoms with Crippen LogP contribution in [0.4, 0.5) is 15.8 Å². The Hall–Kier alpha value is -2.08. The van der Waals surface area contributed by atoms with Crippen LogP contribution in [0.2, 0.25) is 5.02 Å². The third kappa shape index (κ3) is 2.98. The fourth-order valence-corrected chi connectivity index (χ4v) is 1.55. The van der Waals surface area contributed by atoms with Crippen LogP contribution in [-0.4, -0.2) is 15.7 Å². The van der Waals surface area contributed by atoms with Crippen LogP contribution in [0.5, 0.6) is 0 Å². The molecule has 1 aromatic carbocycles. The number of nitrogens with two attached hydrogens (primary N) is 1. The van der Waals surface area contributed by atoms with E-state index in [0.29, 0.717) is 10.7 Å². The number of carbonyl (C=O) groups is 1. The number of benzene rings is 1. The Morgan fingerprint density at radius 2 is 2.33 bits per heavy atom. The van der Waals surface area contributed by atoms with E-state index in [2.05, 4.69) is 10.4 Å². The van der Waals surface area contributed by atoms with Crippen LogP contribution in [0.15, 0.2) is 30.6 Å². The molecule has 0 atom stereocenters. The lowest BCUT2D eigenvalue weighted by atomic mass is 10.2. The highest BCUT2D eigenvalue weighted by molar-refractivity contribution is 6.30. The summed E-state index contributed by atoms with van der Waals surface area (Å²) in [5.41, 5.74) is 5.80. The van der Waals surface area contributed by atoms with E-state index in [4.69, 9.17) is 17.3 Å². The van der Waals surface area contributed by atoms with Crippen molar-refractivity contribution in [1.29, 1.82) is 0 Å². The smallest absolute Gasteiger partial charge is 0.246 e. The number of anilines is 2. The number of nitrogens with zero attached hydrogens (tertiary/aromatic N) is 2. The maximum atomic E-state index is 12.9. The maximum Gasteiger partial charge on any atom is 0.246 e. The molecule has 3 N–H and O–H groups in total. The zero-order valence-corrected chi connectivity index (χ0v) is 9.99. The highest BCUT2D eigenvalue weighted by Crippen LogP contribution is 2.16. The molecule has 0 radical (unpaired) electrons. The fourth-order valence-electron chi connectivity index (χ4n) is 1.39. The van der Waals surface area contributed by atoms with E-state index in [0.717, 1.165) is 0 Å². The van der Waals surface area contributed by atoms with Crippen molar-refractivity contribution >= 4 is 28.9 Å². The Labute approximate surface area is 107 Å². The molecule has 7 heteroatoms. The van der Waals surface area contributed by atoms with Crippen LogP contribution < -0.4 is 11.1 Å². The molecular formula is C11H10ClFN4O. The Morgan fingerprint density at radius 1 is 1.56 bits per heavy atom. The van der Waals surface area contributed by atoms with Gasteiger partial charge in [-0.2, -0.15) is 5.10 Å². The van der Waals surface area contributed by atoms with Gasteiger partial charge in [0.15, 0.2) is 0 Å². The van der Waals surface area contributed by atoms with Crippen LogP contribution >= 0.6 is 11.6 Å². The molecule has 0 saturated heterocycles. The standard InChI is InChI=1S/C11H10ClFN4O/c12-7-4-15-17(5-7)6-11(18)16-8-1-2-9(13)10(14)3-8/h1-5H,6,14H2,(H,16,18). The summed E-state index contributed by atoms with van der Waals surface area (Å²) in [6, 6.07) is 3.97. The molecule has 0 fully saturated rings. The van der Waals surface area contributed by atoms with E-state index in [1.54, 1.807) is 0 Å². The van der Waals surface area contributed by atoms with Gasteiger partial charge < -0.3 is 11.1 Å². The van der Waals surface area contributed by atoms with Crippen molar-refractivity contribution in [2.75, 3.05) is 11.1 Å². The lowest BCUT2D eigenvalue weighted by Gasteiger charge is -2.06. The number of aromatic nitrogens is 2. The SMILES string of the molecule is Nc1cc(NC(=O)Cn2cc(Cl)cn2)ccc1F. The molecule has 2 rings (SSSR count). The molecule has 1 heterocycles. The number of rotatable bonds is 3. The summed E-state index contributed by atoms with van der Waals surface area (Å²) in [5, 5.41) is 6.90. The average molecular weight is 269 g/mol. The Morgan fingerprint density at radius 3 is 2.94 bits per heavy atom. The van der Waals surface area contributed by atoms with E-state index in [1.165, 1.54) is 35.3 Å². The van der Waals surface area contributed by atoms with Crippen LogP contribution in [0.3, 0.4) is 0 Å². The third-order valence-electron chi connectivity index (χ3n) is 2.19. The monoisotopic (exact) mass is 268 g/mol. The molecular weight excluding hydrogens is 259 g/mol. The molecule has 0 aliphatic carbocycles. The quantitative estimate of drug-likeness (QED) is 0.835. The van der Waals surface area contributed by atoms with Crippen LogP contribution in [0.25, 0.3) is 0 Å². The molecule has 1 aromatic heterocycles. The summed E-state index contributed by atoms with van der Waals surface area (Å²) >= 11 is 5.67. The Bertz CT molecular complexity index is 584. The molecule has 1 amide bonds. The van der Waals surface area contributed by atoms with E-state index in [-0.39, 0.29) is 18.1 Å². The second-order valence-electron chi connectivity index (χ2n) is 3.64. The normalized spacial score (nSPS) is 10.3. The van der Waals surface area contributed by atoms with E-state index in [1.807, 2.05) is 0 Å². The predicted octanol–water partition coefficient (Wildman–Crippen LogP) is 1.90. The van der Waals surface area contributed by atoms with E-state index >= 15 is 0 Å². The van der Waals surface area contributed by atoms with Gasteiger partial charge in [0.2, 0.25) is 5.91 Å². The van der Waals surface area contributed by atoms with Gasteiger partial charge in [-0.3, -0.25) is 9.48 Å². The summed E-state index contributed by atoms with van der Waals surface area (Å²) in [6.45, 7) is 0.0179. The predicted molar refractivity (Wildman–Crippen MR) is 66.7 cm³/mol. The van der Waals surface area contributed by atoms with Crippen molar-refractivity contribution in [3.8, 4) is 0 Å². The molecule has 0 saturated carbocycles. The van der Waals surface area contributed by atoms with Crippen LogP contribution in [-0.2, 0) is 11.3 Å². The van der Waals surface area contributed by atoms with Gasteiger partial charge in [-0.05, 0) is 18.2 Å². The molecule has 0 unspecified atom stereocenters. The minimum atomic E-state index is -0.521. The first-order chi connectivity index (χ1) is 8.54. The third-order valence-corrected chi connectivity index (χ3v) is 2.38. The van der Waals surface area contributed by atoms with Crippen molar-refractivity contribution in [2.45, 2.75) is 6.54 Å². The van der Waals surface area contributed by atoms with Gasteiger partial charge in [0.25, 0.3) is 0 Å². The summed E-state index contributed by atoms with van der Waals surface area (Å²) in [5.74, 6) is -0.826. The molecule has 0 aliphatic heterocycles. The summed E-state index contributed by atoms with van der Waals surface area (Å²) in [7, 11) is 0. The number of nitrogen functional groups attached to an aromatic ring is 1. The second-order valence-corrected chi connectivity index (χ2v) is 4.08. The van der Waals surface area contributed by atoms with Gasteiger partial charge in [-0.15, -0.1) is 0 Å². The van der Waals surface area contributed by atoms with Crippen molar-refractivity contribution in [2.24, 2.45) is 0 Å². The molecule has 94 valence electrons. The summed E-state index contributed by atoms with van der Waals surface area (Å²) in [4.78, 5) is 11.6. The Balaban J connectivity index is 2.00. The van der Waals surface area contributed by atoms with Gasteiger partial charge >= 0.3 is 0 Å². The zero-order chi connectivity index (χ0) is 13.1. The van der Waals surface area contributed by atoms with Crippen LogP contribution in [0.1, 0.15) is 0 Å². The van der Waals surface area contributed by atoms with Gasteiger partial charge in [0, 0.05) is 11.9 Å². The molecule has 0 spiro atoms. The molecule has 5 nitrogen and oxygen atoms in total. The van der Waals surface area contributed by atoms with E-state index < -0.39 is 5.82 Å².